The van der Waals surface area contributed by atoms with E-state index in [1.54, 1.807) is 29.5 Å². The van der Waals surface area contributed by atoms with E-state index in [-0.39, 0.29) is 41.7 Å². The number of ether oxygens (including phenoxy) is 1. The fourth-order valence-corrected chi connectivity index (χ4v) is 3.39. The van der Waals surface area contributed by atoms with Crippen molar-refractivity contribution >= 4 is 41.3 Å². The second kappa shape index (κ2) is 9.63. The van der Waals surface area contributed by atoms with Gasteiger partial charge in [0, 0.05) is 23.4 Å². The van der Waals surface area contributed by atoms with Gasteiger partial charge in [-0.05, 0) is 36.4 Å². The highest BCUT2D eigenvalue weighted by Crippen LogP contribution is 2.45. The highest BCUT2D eigenvalue weighted by Gasteiger charge is 2.42. The van der Waals surface area contributed by atoms with Gasteiger partial charge >= 0.3 is 6.36 Å². The van der Waals surface area contributed by atoms with Crippen molar-refractivity contribution in [3.05, 3.63) is 52.2 Å². The molecule has 2 atom stereocenters. The van der Waals surface area contributed by atoms with Gasteiger partial charge in [-0.3, -0.25) is 0 Å². The third-order valence-corrected chi connectivity index (χ3v) is 4.84. The fourth-order valence-electron chi connectivity index (χ4n) is 2.76. The van der Waals surface area contributed by atoms with Crippen LogP contribution in [0.25, 0.3) is 0 Å². The van der Waals surface area contributed by atoms with E-state index >= 15 is 0 Å². The molecule has 1 aliphatic rings. The van der Waals surface area contributed by atoms with Crippen LogP contribution in [0.1, 0.15) is 29.7 Å². The van der Waals surface area contributed by atoms with E-state index < -0.39 is 6.36 Å². The molecule has 1 heterocycles. The molecule has 2 aromatic rings. The number of nitrogens with zero attached hydrogens (tertiary/aromatic N) is 1. The summed E-state index contributed by atoms with van der Waals surface area (Å²) in [6.45, 7) is 3.25. The predicted molar refractivity (Wildman–Crippen MR) is 112 cm³/mol. The summed E-state index contributed by atoms with van der Waals surface area (Å²) in [6.07, 6.45) is -3.95. The summed E-state index contributed by atoms with van der Waals surface area (Å²) >= 11 is 1.64. The molecule has 3 rings (SSSR count). The van der Waals surface area contributed by atoms with Gasteiger partial charge in [0.25, 0.3) is 0 Å². The number of benzene rings is 1. The fraction of sp³-hybridized carbons (Fsp3) is 0.389. The molecule has 1 aromatic carbocycles. The van der Waals surface area contributed by atoms with E-state index in [1.165, 1.54) is 6.07 Å². The van der Waals surface area contributed by atoms with Gasteiger partial charge in [0.1, 0.15) is 5.75 Å². The minimum absolute atomic E-state index is 0. The van der Waals surface area contributed by atoms with Crippen LogP contribution in [0.3, 0.4) is 0 Å². The van der Waals surface area contributed by atoms with Crippen molar-refractivity contribution in [1.82, 2.24) is 10.6 Å². The maximum Gasteiger partial charge on any atom is 0.573 e. The van der Waals surface area contributed by atoms with Crippen LogP contribution in [0.4, 0.5) is 13.2 Å². The van der Waals surface area contributed by atoms with Crippen LogP contribution in [0.5, 0.6) is 5.75 Å². The number of hydrogen-bond acceptors (Lipinski definition) is 3. The van der Waals surface area contributed by atoms with Gasteiger partial charge in [-0.2, -0.15) is 0 Å². The molecule has 9 heteroatoms. The van der Waals surface area contributed by atoms with Crippen molar-refractivity contribution in [2.45, 2.75) is 38.2 Å². The van der Waals surface area contributed by atoms with Crippen LogP contribution in [-0.4, -0.2) is 24.9 Å². The number of guanidine groups is 1. The highest BCUT2D eigenvalue weighted by molar-refractivity contribution is 14.0. The normalized spacial score (nSPS) is 19.2. The maximum atomic E-state index is 12.6. The first kappa shape index (κ1) is 21.8. The number of rotatable bonds is 6. The summed E-state index contributed by atoms with van der Waals surface area (Å²) in [4.78, 5) is 5.69. The summed E-state index contributed by atoms with van der Waals surface area (Å²) < 4.78 is 41.9. The lowest BCUT2D eigenvalue weighted by Crippen LogP contribution is -2.39. The van der Waals surface area contributed by atoms with Crippen molar-refractivity contribution in [2.75, 3.05) is 6.54 Å². The number of halogens is 4. The van der Waals surface area contributed by atoms with Crippen LogP contribution in [0, 0.1) is 0 Å². The molecular weight excluding hydrogens is 490 g/mol. The minimum Gasteiger partial charge on any atom is -0.405 e. The van der Waals surface area contributed by atoms with Gasteiger partial charge in [0.15, 0.2) is 5.96 Å². The van der Waals surface area contributed by atoms with E-state index in [1.807, 2.05) is 24.4 Å². The van der Waals surface area contributed by atoms with Crippen molar-refractivity contribution in [3.63, 3.8) is 0 Å². The lowest BCUT2D eigenvalue weighted by atomic mass is 10.1. The number of para-hydroxylation sites is 1. The molecule has 0 saturated heterocycles. The molecule has 2 N–H and O–H groups in total. The number of alkyl halides is 3. The molecule has 1 aromatic heterocycles. The Hall–Kier alpha value is -1.49. The molecule has 1 saturated carbocycles. The Bertz CT molecular complexity index is 753. The summed E-state index contributed by atoms with van der Waals surface area (Å²) in [5.41, 5.74) is 0.566. The maximum absolute atomic E-state index is 12.6. The summed E-state index contributed by atoms with van der Waals surface area (Å²) in [6, 6.07) is 10.3. The van der Waals surface area contributed by atoms with Gasteiger partial charge in [-0.15, -0.1) is 48.5 Å². The zero-order valence-corrected chi connectivity index (χ0v) is 17.8. The van der Waals surface area contributed by atoms with Crippen LogP contribution >= 0.6 is 35.3 Å². The summed E-state index contributed by atoms with van der Waals surface area (Å²) in [7, 11) is 0. The quantitative estimate of drug-likeness (QED) is 0.331. The summed E-state index contributed by atoms with van der Waals surface area (Å²) in [5.74, 6) is 0.511. The minimum atomic E-state index is -4.69. The predicted octanol–water partition coefficient (Wildman–Crippen LogP) is 4.88. The number of aliphatic imine (C=N–C) groups is 1. The van der Waals surface area contributed by atoms with Crippen LogP contribution in [0.2, 0.25) is 0 Å². The highest BCUT2D eigenvalue weighted by atomic mass is 127. The SMILES string of the molecule is CCNC(=NCc1cccs1)NC1CC1c1ccccc1OC(F)(F)F.I. The Balaban J connectivity index is 0.00000261. The van der Waals surface area contributed by atoms with Crippen molar-refractivity contribution < 1.29 is 17.9 Å². The molecule has 2 unspecified atom stereocenters. The first-order chi connectivity index (χ1) is 12.5. The number of hydrogen-bond donors (Lipinski definition) is 2. The molecule has 1 fully saturated rings. The third kappa shape index (κ3) is 6.56. The van der Waals surface area contributed by atoms with E-state index in [4.69, 9.17) is 0 Å². The van der Waals surface area contributed by atoms with Crippen molar-refractivity contribution in [2.24, 2.45) is 4.99 Å². The average Bonchev–Trinajstić information content (AvgIpc) is 3.13. The number of thiophene rings is 1. The average molecular weight is 511 g/mol. The van der Waals surface area contributed by atoms with Crippen LogP contribution in [-0.2, 0) is 6.54 Å². The second-order valence-electron chi connectivity index (χ2n) is 5.95. The molecule has 148 valence electrons. The number of nitrogens with one attached hydrogen (secondary N) is 2. The Morgan fingerprint density at radius 2 is 2.04 bits per heavy atom. The molecule has 0 radical (unpaired) electrons. The molecular formula is C18H21F3IN3OS. The van der Waals surface area contributed by atoms with Crippen molar-refractivity contribution in [1.29, 1.82) is 0 Å². The molecule has 0 spiro atoms. The van der Waals surface area contributed by atoms with Gasteiger partial charge in [0.05, 0.1) is 6.54 Å². The monoisotopic (exact) mass is 511 g/mol. The van der Waals surface area contributed by atoms with Crippen molar-refractivity contribution in [3.8, 4) is 5.75 Å². The summed E-state index contributed by atoms with van der Waals surface area (Å²) in [5, 5.41) is 8.47. The largest absolute Gasteiger partial charge is 0.573 e. The van der Waals surface area contributed by atoms with Gasteiger partial charge < -0.3 is 15.4 Å². The lowest BCUT2D eigenvalue weighted by Gasteiger charge is -2.14. The molecule has 27 heavy (non-hydrogen) atoms. The van der Waals surface area contributed by atoms with Gasteiger partial charge in [-0.25, -0.2) is 4.99 Å². The second-order valence-corrected chi connectivity index (χ2v) is 6.99. The topological polar surface area (TPSA) is 45.7 Å². The first-order valence-electron chi connectivity index (χ1n) is 8.38. The van der Waals surface area contributed by atoms with Crippen LogP contribution in [0.15, 0.2) is 46.8 Å². The Kier molecular flexibility index (Phi) is 7.78. The standard InChI is InChI=1S/C18H20F3N3OS.HI/c1-2-22-17(23-11-12-6-5-9-26-12)24-15-10-14(15)13-7-3-4-8-16(13)25-18(19,20)21;/h3-9,14-15H,2,10-11H2,1H3,(H2,22,23,24);1H. The lowest BCUT2D eigenvalue weighted by molar-refractivity contribution is -0.274. The van der Waals surface area contributed by atoms with E-state index in [9.17, 15) is 13.2 Å². The zero-order valence-electron chi connectivity index (χ0n) is 14.6. The molecule has 0 amide bonds. The van der Waals surface area contributed by atoms with Gasteiger partial charge in [-0.1, -0.05) is 24.3 Å². The Morgan fingerprint density at radius 1 is 1.26 bits per heavy atom. The van der Waals surface area contributed by atoms with E-state index in [0.29, 0.717) is 24.6 Å². The zero-order chi connectivity index (χ0) is 18.6. The molecule has 1 aliphatic carbocycles. The molecule has 0 aliphatic heterocycles. The molecule has 4 nitrogen and oxygen atoms in total. The smallest absolute Gasteiger partial charge is 0.405 e. The van der Waals surface area contributed by atoms with E-state index in [0.717, 1.165) is 11.3 Å². The Labute approximate surface area is 177 Å². The van der Waals surface area contributed by atoms with E-state index in [2.05, 4.69) is 20.4 Å². The Morgan fingerprint density at radius 3 is 2.70 bits per heavy atom. The third-order valence-electron chi connectivity index (χ3n) is 3.97. The van der Waals surface area contributed by atoms with Crippen LogP contribution < -0.4 is 15.4 Å². The molecule has 0 bridgehead atoms. The first-order valence-corrected chi connectivity index (χ1v) is 9.26. The van der Waals surface area contributed by atoms with Gasteiger partial charge in [0.2, 0.25) is 0 Å².